The summed E-state index contributed by atoms with van der Waals surface area (Å²) < 4.78 is 0. The van der Waals surface area contributed by atoms with Crippen molar-refractivity contribution in [3.63, 3.8) is 0 Å². The molecule has 1 aliphatic carbocycles. The van der Waals surface area contributed by atoms with Gasteiger partial charge >= 0.3 is 0 Å². The second-order valence-corrected chi connectivity index (χ2v) is 8.48. The number of nitrogens with one attached hydrogen (secondary N) is 1. The zero-order valence-electron chi connectivity index (χ0n) is 18.0. The van der Waals surface area contributed by atoms with Crippen molar-refractivity contribution in [2.24, 2.45) is 5.92 Å². The minimum atomic E-state index is -0.453. The number of allylic oxidation sites excluding steroid dienone is 2. The number of rotatable bonds is 4. The molecule has 2 N–H and O–H groups in total. The highest BCUT2D eigenvalue weighted by Crippen LogP contribution is 2.51. The number of nitro groups is 1. The van der Waals surface area contributed by atoms with Crippen LogP contribution in [0.4, 0.5) is 17.1 Å². The summed E-state index contributed by atoms with van der Waals surface area (Å²) >= 11 is 0. The number of amides is 1. The van der Waals surface area contributed by atoms with Crippen molar-refractivity contribution in [2.45, 2.75) is 18.4 Å². The Kier molecular flexibility index (Phi) is 5.09. The number of carbonyl (C=O) groups is 1. The maximum absolute atomic E-state index is 13.1. The Morgan fingerprint density at radius 3 is 2.64 bits per heavy atom. The van der Waals surface area contributed by atoms with Gasteiger partial charge in [0.25, 0.3) is 11.6 Å². The van der Waals surface area contributed by atoms with Crippen LogP contribution in [0.2, 0.25) is 0 Å². The molecule has 0 bridgehead atoms. The molecule has 5 rings (SSSR count). The third kappa shape index (κ3) is 3.61. The number of nitro benzene ring substituents is 1. The SMILES string of the molecule is CN(C(=O)c1ccc2c(c1)C1C=CCC1C(c1cc([N+](=O)[O-])ccc1O)N2)c1ccccc1. The summed E-state index contributed by atoms with van der Waals surface area (Å²) in [5.41, 5.74) is 3.75. The molecular weight excluding hydrogens is 418 g/mol. The van der Waals surface area contributed by atoms with Gasteiger partial charge in [-0.05, 0) is 54.3 Å². The van der Waals surface area contributed by atoms with Crippen LogP contribution in [0.5, 0.6) is 5.75 Å². The summed E-state index contributed by atoms with van der Waals surface area (Å²) in [7, 11) is 1.76. The molecular formula is C26H23N3O4. The first-order valence-electron chi connectivity index (χ1n) is 10.8. The molecule has 2 aliphatic rings. The van der Waals surface area contributed by atoms with Gasteiger partial charge in [0.05, 0.1) is 11.0 Å². The van der Waals surface area contributed by atoms with Crippen LogP contribution in [0, 0.1) is 16.0 Å². The highest BCUT2D eigenvalue weighted by atomic mass is 16.6. The molecule has 3 aromatic carbocycles. The van der Waals surface area contributed by atoms with Gasteiger partial charge in [-0.25, -0.2) is 0 Å². The largest absolute Gasteiger partial charge is 0.508 e. The van der Waals surface area contributed by atoms with E-state index in [0.29, 0.717) is 11.1 Å². The van der Waals surface area contributed by atoms with E-state index in [-0.39, 0.29) is 35.2 Å². The number of benzene rings is 3. The summed E-state index contributed by atoms with van der Waals surface area (Å²) in [5.74, 6) is 0.0479. The third-order valence-corrected chi connectivity index (χ3v) is 6.61. The molecule has 0 saturated heterocycles. The van der Waals surface area contributed by atoms with E-state index in [1.165, 1.54) is 18.2 Å². The number of anilines is 2. The van der Waals surface area contributed by atoms with Crippen LogP contribution in [0.1, 0.15) is 39.9 Å². The first-order valence-corrected chi connectivity index (χ1v) is 10.8. The zero-order valence-corrected chi connectivity index (χ0v) is 18.0. The molecule has 1 amide bonds. The van der Waals surface area contributed by atoms with Crippen molar-refractivity contribution in [1.29, 1.82) is 0 Å². The maximum atomic E-state index is 13.1. The van der Waals surface area contributed by atoms with Gasteiger partial charge in [-0.15, -0.1) is 0 Å². The van der Waals surface area contributed by atoms with Crippen molar-refractivity contribution < 1.29 is 14.8 Å². The molecule has 1 aliphatic heterocycles. The molecule has 0 spiro atoms. The van der Waals surface area contributed by atoms with E-state index < -0.39 is 4.92 Å². The lowest BCUT2D eigenvalue weighted by Crippen LogP contribution is -2.30. The normalized spacial score (nSPS) is 20.5. The average Bonchev–Trinajstić information content (AvgIpc) is 3.33. The molecule has 3 aromatic rings. The Bertz CT molecular complexity index is 1270. The molecule has 0 radical (unpaired) electrons. The number of fused-ring (bicyclic) bond motifs is 3. The average molecular weight is 441 g/mol. The molecule has 33 heavy (non-hydrogen) atoms. The van der Waals surface area contributed by atoms with Gasteiger partial charge in [-0.2, -0.15) is 0 Å². The standard InChI is InChI=1S/C26H23N3O4/c1-28(17-6-3-2-4-7-17)26(31)16-10-12-23-21(14-16)19-8-5-9-20(19)25(27-23)22-15-18(29(32)33)11-13-24(22)30/h2-8,10-15,19-20,25,27,30H,9H2,1H3. The smallest absolute Gasteiger partial charge is 0.270 e. The van der Waals surface area contributed by atoms with Gasteiger partial charge in [-0.1, -0.05) is 30.4 Å². The minimum absolute atomic E-state index is 0.0310. The third-order valence-electron chi connectivity index (χ3n) is 6.61. The van der Waals surface area contributed by atoms with Gasteiger partial charge in [-0.3, -0.25) is 14.9 Å². The summed E-state index contributed by atoms with van der Waals surface area (Å²) in [6, 6.07) is 18.9. The van der Waals surface area contributed by atoms with Gasteiger partial charge in [0.1, 0.15) is 5.75 Å². The van der Waals surface area contributed by atoms with Gasteiger partial charge < -0.3 is 15.3 Å². The predicted molar refractivity (Wildman–Crippen MR) is 127 cm³/mol. The van der Waals surface area contributed by atoms with E-state index in [4.69, 9.17) is 0 Å². The Morgan fingerprint density at radius 2 is 1.88 bits per heavy atom. The monoisotopic (exact) mass is 441 g/mol. The Balaban J connectivity index is 1.50. The summed E-state index contributed by atoms with van der Waals surface area (Å²) in [4.78, 5) is 25.6. The van der Waals surface area contributed by atoms with Crippen LogP contribution in [0.25, 0.3) is 0 Å². The van der Waals surface area contributed by atoms with Crippen LogP contribution in [-0.2, 0) is 0 Å². The van der Waals surface area contributed by atoms with Crippen LogP contribution in [0.3, 0.4) is 0 Å². The Hall–Kier alpha value is -4.13. The number of phenolic OH excluding ortho intramolecular Hbond substituents is 1. The van der Waals surface area contributed by atoms with Crippen molar-refractivity contribution in [2.75, 3.05) is 17.3 Å². The Labute approximate surface area is 191 Å². The number of hydrogen-bond acceptors (Lipinski definition) is 5. The van der Waals surface area contributed by atoms with Gasteiger partial charge in [0.15, 0.2) is 0 Å². The quantitative estimate of drug-likeness (QED) is 0.321. The molecule has 1 heterocycles. The lowest BCUT2D eigenvalue weighted by molar-refractivity contribution is -0.385. The van der Waals surface area contributed by atoms with E-state index >= 15 is 0 Å². The number of carbonyl (C=O) groups excluding carboxylic acids is 1. The van der Waals surface area contributed by atoms with Crippen molar-refractivity contribution in [3.05, 3.63) is 106 Å². The molecule has 3 atom stereocenters. The Morgan fingerprint density at radius 1 is 1.09 bits per heavy atom. The summed E-state index contributed by atoms with van der Waals surface area (Å²) in [6.07, 6.45) is 4.99. The molecule has 3 unspecified atom stereocenters. The van der Waals surface area contributed by atoms with Crippen molar-refractivity contribution >= 4 is 23.0 Å². The molecule has 7 heteroatoms. The number of aromatic hydroxyl groups is 1. The van der Waals surface area contributed by atoms with Crippen LogP contribution in [0.15, 0.2) is 78.9 Å². The first kappa shape index (κ1) is 20.8. The predicted octanol–water partition coefficient (Wildman–Crippen LogP) is 5.40. The van der Waals surface area contributed by atoms with E-state index in [9.17, 15) is 20.0 Å². The molecule has 7 nitrogen and oxygen atoms in total. The zero-order chi connectivity index (χ0) is 23.1. The fourth-order valence-electron chi connectivity index (χ4n) is 4.90. The summed E-state index contributed by atoms with van der Waals surface area (Å²) in [6.45, 7) is 0. The highest BCUT2D eigenvalue weighted by molar-refractivity contribution is 6.06. The lowest BCUT2D eigenvalue weighted by atomic mass is 9.76. The van der Waals surface area contributed by atoms with Gasteiger partial charge in [0, 0.05) is 47.6 Å². The topological polar surface area (TPSA) is 95.7 Å². The second-order valence-electron chi connectivity index (χ2n) is 8.48. The number of para-hydroxylation sites is 1. The molecule has 0 aromatic heterocycles. The van der Waals surface area contributed by atoms with Crippen LogP contribution < -0.4 is 10.2 Å². The molecule has 0 saturated carbocycles. The number of non-ortho nitro benzene ring substituents is 1. The molecule has 0 fully saturated rings. The minimum Gasteiger partial charge on any atom is -0.508 e. The van der Waals surface area contributed by atoms with E-state index in [1.54, 1.807) is 18.0 Å². The van der Waals surface area contributed by atoms with Crippen molar-refractivity contribution in [3.8, 4) is 5.75 Å². The van der Waals surface area contributed by atoms with E-state index in [2.05, 4.69) is 17.5 Å². The van der Waals surface area contributed by atoms with Gasteiger partial charge in [0.2, 0.25) is 0 Å². The van der Waals surface area contributed by atoms with Crippen LogP contribution in [-0.4, -0.2) is 23.0 Å². The number of phenols is 1. The second kappa shape index (κ2) is 8.09. The number of hydrogen-bond donors (Lipinski definition) is 2. The van der Waals surface area contributed by atoms with Crippen LogP contribution >= 0.6 is 0 Å². The maximum Gasteiger partial charge on any atom is 0.270 e. The van der Waals surface area contributed by atoms with E-state index in [1.807, 2.05) is 42.5 Å². The van der Waals surface area contributed by atoms with E-state index in [0.717, 1.165) is 23.4 Å². The first-order chi connectivity index (χ1) is 15.9. The summed E-state index contributed by atoms with van der Waals surface area (Å²) in [5, 5.41) is 25.2. The number of nitrogens with zero attached hydrogens (tertiary/aromatic N) is 2. The molecule has 166 valence electrons. The fraction of sp³-hybridized carbons (Fsp3) is 0.192. The van der Waals surface area contributed by atoms with Crippen molar-refractivity contribution in [1.82, 2.24) is 0 Å². The lowest BCUT2D eigenvalue weighted by Gasteiger charge is -2.38. The highest BCUT2D eigenvalue weighted by Gasteiger charge is 2.39. The fourth-order valence-corrected chi connectivity index (χ4v) is 4.90.